The van der Waals surface area contributed by atoms with Crippen LogP contribution in [0.4, 0.5) is 4.79 Å². The van der Waals surface area contributed by atoms with Crippen LogP contribution in [0.5, 0.6) is 0 Å². The number of fused-ring (bicyclic) bond motifs is 1. The summed E-state index contributed by atoms with van der Waals surface area (Å²) in [7, 11) is 0. The minimum absolute atomic E-state index is 0.0364. The fourth-order valence-electron chi connectivity index (χ4n) is 2.22. The molecule has 0 radical (unpaired) electrons. The van der Waals surface area contributed by atoms with Gasteiger partial charge in [0.2, 0.25) is 0 Å². The molecule has 3 N–H and O–H groups in total. The maximum Gasteiger partial charge on any atom is 0.315 e. The van der Waals surface area contributed by atoms with Crippen LogP contribution in [0, 0.1) is 5.92 Å². The minimum Gasteiger partial charge on any atom is -0.459 e. The lowest BCUT2D eigenvalue weighted by atomic mass is 10.0. The van der Waals surface area contributed by atoms with E-state index in [0.29, 0.717) is 13.0 Å². The van der Waals surface area contributed by atoms with Crippen molar-refractivity contribution >= 4 is 17.0 Å². The van der Waals surface area contributed by atoms with E-state index in [2.05, 4.69) is 10.6 Å². The second-order valence-electron chi connectivity index (χ2n) is 5.44. The molecule has 2 amide bonds. The first-order valence-electron chi connectivity index (χ1n) is 7.23. The molecule has 2 rings (SSSR count). The van der Waals surface area contributed by atoms with Gasteiger partial charge in [0.15, 0.2) is 0 Å². The Labute approximate surface area is 124 Å². The van der Waals surface area contributed by atoms with Crippen molar-refractivity contribution in [3.8, 4) is 0 Å². The Morgan fingerprint density at radius 1 is 1.33 bits per heavy atom. The fraction of sp³-hybridized carbons (Fsp3) is 0.438. The van der Waals surface area contributed by atoms with E-state index in [4.69, 9.17) is 9.52 Å². The van der Waals surface area contributed by atoms with Gasteiger partial charge in [-0.05, 0) is 24.5 Å². The van der Waals surface area contributed by atoms with Gasteiger partial charge in [-0.1, -0.05) is 32.0 Å². The molecule has 0 saturated carbocycles. The van der Waals surface area contributed by atoms with E-state index in [1.807, 2.05) is 44.2 Å². The van der Waals surface area contributed by atoms with Gasteiger partial charge in [-0.15, -0.1) is 0 Å². The molecule has 2 aromatic rings. The summed E-state index contributed by atoms with van der Waals surface area (Å²) in [4.78, 5) is 11.9. The molecule has 5 nitrogen and oxygen atoms in total. The van der Waals surface area contributed by atoms with Gasteiger partial charge < -0.3 is 20.2 Å². The maximum atomic E-state index is 11.9. The van der Waals surface area contributed by atoms with Crippen LogP contribution in [0.15, 0.2) is 34.7 Å². The molecule has 1 aromatic heterocycles. The van der Waals surface area contributed by atoms with Crippen molar-refractivity contribution in [1.29, 1.82) is 0 Å². The van der Waals surface area contributed by atoms with Crippen LogP contribution in [-0.4, -0.2) is 23.8 Å². The molecule has 0 fully saturated rings. The largest absolute Gasteiger partial charge is 0.459 e. The predicted molar refractivity (Wildman–Crippen MR) is 81.9 cm³/mol. The zero-order valence-electron chi connectivity index (χ0n) is 12.4. The molecule has 1 heterocycles. The summed E-state index contributed by atoms with van der Waals surface area (Å²) in [5.41, 5.74) is 0.815. The van der Waals surface area contributed by atoms with Crippen LogP contribution in [0.25, 0.3) is 11.0 Å². The van der Waals surface area contributed by atoms with Crippen molar-refractivity contribution in [2.24, 2.45) is 5.92 Å². The number of urea groups is 1. The topological polar surface area (TPSA) is 74.5 Å². The van der Waals surface area contributed by atoms with Crippen LogP contribution in [0.1, 0.15) is 26.0 Å². The number of hydrogen-bond donors (Lipinski definition) is 3. The molecule has 0 aliphatic rings. The maximum absolute atomic E-state index is 11.9. The van der Waals surface area contributed by atoms with Crippen LogP contribution >= 0.6 is 0 Å². The lowest BCUT2D eigenvalue weighted by molar-refractivity contribution is 0.218. The molecule has 0 saturated heterocycles. The number of amides is 2. The molecule has 0 spiro atoms. The smallest absolute Gasteiger partial charge is 0.315 e. The van der Waals surface area contributed by atoms with Crippen molar-refractivity contribution in [3.63, 3.8) is 0 Å². The summed E-state index contributed by atoms with van der Waals surface area (Å²) in [6, 6.07) is 9.37. The third kappa shape index (κ3) is 4.23. The third-order valence-electron chi connectivity index (χ3n) is 3.46. The molecule has 114 valence electrons. The zero-order chi connectivity index (χ0) is 15.2. The standard InChI is InChI=1S/C16H22N2O3/c1-11(2)14(7-8-19)18-16(20)17-10-13-9-12-5-3-4-6-15(12)21-13/h3-6,9,11,14,19H,7-8,10H2,1-2H3,(H2,17,18,20). The molecule has 21 heavy (non-hydrogen) atoms. The van der Waals surface area contributed by atoms with Crippen molar-refractivity contribution < 1.29 is 14.3 Å². The number of carbonyl (C=O) groups excluding carboxylic acids is 1. The molecule has 0 aliphatic carbocycles. The lowest BCUT2D eigenvalue weighted by Crippen LogP contribution is -2.44. The number of rotatable bonds is 6. The predicted octanol–water partition coefficient (Wildman–Crippen LogP) is 2.64. The summed E-state index contributed by atoms with van der Waals surface area (Å²) in [5.74, 6) is 0.990. The van der Waals surface area contributed by atoms with Gasteiger partial charge in [-0.3, -0.25) is 0 Å². The Hall–Kier alpha value is -2.01. The Bertz CT molecular complexity index is 559. The summed E-state index contributed by atoms with van der Waals surface area (Å²) in [5, 5.41) is 15.7. The quantitative estimate of drug-likeness (QED) is 0.765. The second kappa shape index (κ2) is 7.13. The van der Waals surface area contributed by atoms with Crippen LogP contribution in [0.3, 0.4) is 0 Å². The van der Waals surface area contributed by atoms with Crippen LogP contribution in [0.2, 0.25) is 0 Å². The Kier molecular flexibility index (Phi) is 5.22. The van der Waals surface area contributed by atoms with Crippen molar-refractivity contribution in [1.82, 2.24) is 10.6 Å². The van der Waals surface area contributed by atoms with Gasteiger partial charge >= 0.3 is 6.03 Å². The Morgan fingerprint density at radius 3 is 2.76 bits per heavy atom. The summed E-state index contributed by atoms with van der Waals surface area (Å²) in [6.45, 7) is 4.43. The first-order chi connectivity index (χ1) is 10.1. The monoisotopic (exact) mass is 290 g/mol. The van der Waals surface area contributed by atoms with E-state index < -0.39 is 0 Å². The van der Waals surface area contributed by atoms with Gasteiger partial charge in [-0.2, -0.15) is 0 Å². The molecule has 5 heteroatoms. The van der Waals surface area contributed by atoms with Gasteiger partial charge in [0.25, 0.3) is 0 Å². The van der Waals surface area contributed by atoms with Crippen molar-refractivity contribution in [2.75, 3.05) is 6.61 Å². The second-order valence-corrected chi connectivity index (χ2v) is 5.44. The van der Waals surface area contributed by atoms with Gasteiger partial charge in [-0.25, -0.2) is 4.79 Å². The van der Waals surface area contributed by atoms with E-state index in [-0.39, 0.29) is 24.6 Å². The lowest BCUT2D eigenvalue weighted by Gasteiger charge is -2.21. The summed E-state index contributed by atoms with van der Waals surface area (Å²) < 4.78 is 5.64. The third-order valence-corrected chi connectivity index (χ3v) is 3.46. The highest BCUT2D eigenvalue weighted by Gasteiger charge is 2.15. The Balaban J connectivity index is 1.88. The zero-order valence-corrected chi connectivity index (χ0v) is 12.4. The number of aliphatic hydroxyl groups excluding tert-OH is 1. The van der Waals surface area contributed by atoms with Crippen molar-refractivity contribution in [3.05, 3.63) is 36.1 Å². The Morgan fingerprint density at radius 2 is 2.10 bits per heavy atom. The number of furan rings is 1. The van der Waals surface area contributed by atoms with Crippen molar-refractivity contribution in [2.45, 2.75) is 32.9 Å². The van der Waals surface area contributed by atoms with E-state index in [0.717, 1.165) is 16.7 Å². The molecule has 1 aromatic carbocycles. The van der Waals surface area contributed by atoms with E-state index in [9.17, 15) is 4.79 Å². The molecule has 1 atom stereocenters. The van der Waals surface area contributed by atoms with Gasteiger partial charge in [0, 0.05) is 18.0 Å². The number of nitrogens with one attached hydrogen (secondary N) is 2. The number of benzene rings is 1. The number of hydrogen-bond acceptors (Lipinski definition) is 3. The van der Waals surface area contributed by atoms with E-state index >= 15 is 0 Å². The molecule has 1 unspecified atom stereocenters. The molecule has 0 aliphatic heterocycles. The number of carbonyl (C=O) groups is 1. The number of para-hydroxylation sites is 1. The average molecular weight is 290 g/mol. The summed E-state index contributed by atoms with van der Waals surface area (Å²) >= 11 is 0. The highest BCUT2D eigenvalue weighted by atomic mass is 16.3. The molecule has 0 bridgehead atoms. The first-order valence-corrected chi connectivity index (χ1v) is 7.23. The number of aliphatic hydroxyl groups is 1. The van der Waals surface area contributed by atoms with Gasteiger partial charge in [0.05, 0.1) is 6.54 Å². The molecular formula is C16H22N2O3. The average Bonchev–Trinajstić information content (AvgIpc) is 2.87. The normalized spacial score (nSPS) is 12.6. The van der Waals surface area contributed by atoms with Crippen LogP contribution < -0.4 is 10.6 Å². The van der Waals surface area contributed by atoms with Gasteiger partial charge in [0.1, 0.15) is 11.3 Å². The van der Waals surface area contributed by atoms with Crippen LogP contribution in [-0.2, 0) is 6.54 Å². The minimum atomic E-state index is -0.248. The van der Waals surface area contributed by atoms with E-state index in [1.165, 1.54) is 0 Å². The SMILES string of the molecule is CC(C)C(CCO)NC(=O)NCc1cc2ccccc2o1. The highest BCUT2D eigenvalue weighted by molar-refractivity contribution is 5.78. The molecular weight excluding hydrogens is 268 g/mol. The van der Waals surface area contributed by atoms with E-state index in [1.54, 1.807) is 0 Å². The highest BCUT2D eigenvalue weighted by Crippen LogP contribution is 2.18. The fourth-order valence-corrected chi connectivity index (χ4v) is 2.22. The first kappa shape index (κ1) is 15.4. The summed E-state index contributed by atoms with van der Waals surface area (Å²) in [6.07, 6.45) is 0.551.